The summed E-state index contributed by atoms with van der Waals surface area (Å²) in [5, 5.41) is 11.9. The van der Waals surface area contributed by atoms with Gasteiger partial charge in [-0.25, -0.2) is 0 Å². The Kier molecular flexibility index (Phi) is 3.62. The third-order valence-corrected chi connectivity index (χ3v) is 4.62. The van der Waals surface area contributed by atoms with Gasteiger partial charge in [-0.15, -0.1) is 0 Å². The first-order chi connectivity index (χ1) is 7.26. The number of nitrogens with zero attached hydrogens (tertiary/aromatic N) is 1. The van der Waals surface area contributed by atoms with Crippen molar-refractivity contribution in [2.45, 2.75) is 57.4 Å². The number of thiocarbonyl (C=S) groups is 1. The third kappa shape index (κ3) is 2.18. The molecule has 0 N–H and O–H groups in total. The van der Waals surface area contributed by atoms with Gasteiger partial charge < -0.3 is 5.11 Å². The molecule has 1 saturated heterocycles. The summed E-state index contributed by atoms with van der Waals surface area (Å²) < 4.78 is 0.648. The highest BCUT2D eigenvalue weighted by atomic mass is 32.1. The first-order valence-corrected chi connectivity index (χ1v) is 6.75. The van der Waals surface area contributed by atoms with Crippen LogP contribution in [0.2, 0.25) is 0 Å². The second kappa shape index (κ2) is 4.79. The highest BCUT2D eigenvalue weighted by molar-refractivity contribution is 7.79. The molecule has 1 heterocycles. The molecule has 1 aliphatic carbocycles. The largest absolute Gasteiger partial charge is 0.822 e. The minimum atomic E-state index is 0.0174. The molecule has 15 heavy (non-hydrogen) atoms. The van der Waals surface area contributed by atoms with Crippen LogP contribution in [0.1, 0.15) is 51.4 Å². The van der Waals surface area contributed by atoms with Crippen molar-refractivity contribution in [2.75, 3.05) is 13.1 Å². The molecule has 3 heteroatoms. The lowest BCUT2D eigenvalue weighted by Gasteiger charge is -2.45. The topological polar surface area (TPSA) is 23.1 Å². The number of hydrogen-bond acceptors (Lipinski definition) is 2. The van der Waals surface area contributed by atoms with E-state index >= 15 is 0 Å². The highest BCUT2D eigenvalue weighted by Gasteiger charge is 2.39. The molecule has 86 valence electrons. The molecule has 0 aromatic rings. The maximum atomic E-state index is 11.8. The molecule has 0 radical (unpaired) electrons. The van der Waals surface area contributed by atoms with Gasteiger partial charge in [0.1, 0.15) is 5.17 Å². The summed E-state index contributed by atoms with van der Waals surface area (Å²) >= 11 is 5.04. The molecule has 2 nitrogen and oxygen atoms in total. The van der Waals surface area contributed by atoms with Gasteiger partial charge in [0.15, 0.2) is 0 Å². The van der Waals surface area contributed by atoms with E-state index in [1.54, 1.807) is 0 Å². The van der Waals surface area contributed by atoms with E-state index in [-0.39, 0.29) is 5.17 Å². The van der Waals surface area contributed by atoms with Gasteiger partial charge in [0.2, 0.25) is 0 Å². The molecular weight excluding hydrogens is 206 g/mol. The Morgan fingerprint density at radius 3 is 1.93 bits per heavy atom. The molecule has 1 saturated carbocycles. The van der Waals surface area contributed by atoms with E-state index in [2.05, 4.69) is 0 Å². The molecule has 2 rings (SSSR count). The van der Waals surface area contributed by atoms with Crippen LogP contribution in [-0.2, 0) is 0 Å². The number of rotatable bonds is 1. The molecule has 0 amide bonds. The maximum Gasteiger partial charge on any atom is 0.138 e. The molecule has 0 aromatic carbocycles. The SMILES string of the molecule is [O-]C(=S)[N+]1(C2CCCC2)CCCCCC1. The van der Waals surface area contributed by atoms with Crippen molar-refractivity contribution < 1.29 is 9.59 Å². The Hall–Kier alpha value is -0.150. The van der Waals surface area contributed by atoms with Gasteiger partial charge in [0.25, 0.3) is 0 Å². The molecule has 0 unspecified atom stereocenters. The van der Waals surface area contributed by atoms with E-state index in [1.165, 1.54) is 51.4 Å². The molecule has 0 bridgehead atoms. The zero-order valence-corrected chi connectivity index (χ0v) is 10.2. The fourth-order valence-corrected chi connectivity index (χ4v) is 3.68. The van der Waals surface area contributed by atoms with Gasteiger partial charge in [0.05, 0.1) is 19.1 Å². The van der Waals surface area contributed by atoms with Crippen LogP contribution in [0.5, 0.6) is 0 Å². The molecular formula is C12H21NOS. The Bertz CT molecular complexity index is 228. The first kappa shape index (κ1) is 11.3. The van der Waals surface area contributed by atoms with Crippen LogP contribution in [0.4, 0.5) is 0 Å². The molecule has 2 aliphatic rings. The van der Waals surface area contributed by atoms with Crippen molar-refractivity contribution in [2.24, 2.45) is 0 Å². The normalized spacial score (nSPS) is 27.5. The van der Waals surface area contributed by atoms with Gasteiger partial charge >= 0.3 is 0 Å². The van der Waals surface area contributed by atoms with Crippen LogP contribution < -0.4 is 5.11 Å². The average Bonchev–Trinajstić information content (AvgIpc) is 2.63. The van der Waals surface area contributed by atoms with Crippen LogP contribution >= 0.6 is 12.2 Å². The summed E-state index contributed by atoms with van der Waals surface area (Å²) in [4.78, 5) is 0. The van der Waals surface area contributed by atoms with Gasteiger partial charge in [-0.1, -0.05) is 0 Å². The van der Waals surface area contributed by atoms with Gasteiger partial charge in [-0.05, 0) is 63.6 Å². The number of likely N-dealkylation sites (tertiary alicyclic amines) is 1. The van der Waals surface area contributed by atoms with Crippen molar-refractivity contribution in [3.05, 3.63) is 0 Å². The van der Waals surface area contributed by atoms with Crippen molar-refractivity contribution in [3.8, 4) is 0 Å². The van der Waals surface area contributed by atoms with E-state index in [9.17, 15) is 5.11 Å². The Morgan fingerprint density at radius 1 is 0.933 bits per heavy atom. The lowest BCUT2D eigenvalue weighted by molar-refractivity contribution is -0.887. The first-order valence-electron chi connectivity index (χ1n) is 6.34. The van der Waals surface area contributed by atoms with E-state index in [0.717, 1.165) is 13.1 Å². The van der Waals surface area contributed by atoms with Crippen molar-refractivity contribution in [3.63, 3.8) is 0 Å². The number of quaternary nitrogens is 1. The summed E-state index contributed by atoms with van der Waals surface area (Å²) in [5.41, 5.74) is 0. The molecule has 0 spiro atoms. The molecule has 2 fully saturated rings. The Balaban J connectivity index is 2.16. The fourth-order valence-electron chi connectivity index (χ4n) is 3.35. The smallest absolute Gasteiger partial charge is 0.138 e. The number of hydrogen-bond donors (Lipinski definition) is 0. The Morgan fingerprint density at radius 2 is 1.47 bits per heavy atom. The van der Waals surface area contributed by atoms with Gasteiger partial charge in [-0.3, -0.25) is 4.48 Å². The quantitative estimate of drug-likeness (QED) is 0.505. The lowest BCUT2D eigenvalue weighted by Crippen LogP contribution is -2.62. The second-order valence-corrected chi connectivity index (χ2v) is 5.45. The van der Waals surface area contributed by atoms with Crippen molar-refractivity contribution in [1.82, 2.24) is 0 Å². The summed E-state index contributed by atoms with van der Waals surface area (Å²) in [6.45, 7) is 2.04. The zero-order valence-electron chi connectivity index (χ0n) is 9.41. The predicted molar refractivity (Wildman–Crippen MR) is 63.3 cm³/mol. The highest BCUT2D eigenvalue weighted by Crippen LogP contribution is 2.32. The monoisotopic (exact) mass is 227 g/mol. The predicted octanol–water partition coefficient (Wildman–Crippen LogP) is 1.96. The van der Waals surface area contributed by atoms with Crippen molar-refractivity contribution >= 4 is 17.4 Å². The van der Waals surface area contributed by atoms with E-state index in [1.807, 2.05) is 0 Å². The third-order valence-electron chi connectivity index (χ3n) is 4.25. The van der Waals surface area contributed by atoms with Crippen LogP contribution in [0.25, 0.3) is 0 Å². The minimum absolute atomic E-state index is 0.0174. The lowest BCUT2D eigenvalue weighted by atomic mass is 10.1. The summed E-state index contributed by atoms with van der Waals surface area (Å²) in [5.74, 6) is 0. The standard InChI is InChI=1S/C12H21NOS/c14-12(15)13(11-7-3-4-8-11)9-5-1-2-6-10-13/h11H,1-10H2. The summed E-state index contributed by atoms with van der Waals surface area (Å²) in [6.07, 6.45) is 10.0. The average molecular weight is 227 g/mol. The van der Waals surface area contributed by atoms with Crippen LogP contribution in [-0.4, -0.2) is 28.8 Å². The second-order valence-electron chi connectivity index (χ2n) is 5.10. The van der Waals surface area contributed by atoms with E-state index in [0.29, 0.717) is 10.5 Å². The fraction of sp³-hybridized carbons (Fsp3) is 0.917. The van der Waals surface area contributed by atoms with Crippen LogP contribution in [0.3, 0.4) is 0 Å². The Labute approximate surface area is 97.9 Å². The van der Waals surface area contributed by atoms with E-state index in [4.69, 9.17) is 12.2 Å². The molecule has 1 aliphatic heterocycles. The summed E-state index contributed by atoms with van der Waals surface area (Å²) in [7, 11) is 0. The van der Waals surface area contributed by atoms with Crippen molar-refractivity contribution in [1.29, 1.82) is 0 Å². The van der Waals surface area contributed by atoms with Gasteiger partial charge in [-0.2, -0.15) is 0 Å². The zero-order chi connectivity index (χ0) is 10.7. The molecule has 0 atom stereocenters. The summed E-state index contributed by atoms with van der Waals surface area (Å²) in [6, 6.07) is 0.563. The van der Waals surface area contributed by atoms with Gasteiger partial charge in [0, 0.05) is 0 Å². The molecule has 0 aromatic heterocycles. The van der Waals surface area contributed by atoms with E-state index < -0.39 is 0 Å². The van der Waals surface area contributed by atoms with Crippen LogP contribution in [0.15, 0.2) is 0 Å². The maximum absolute atomic E-state index is 11.8. The minimum Gasteiger partial charge on any atom is -0.822 e. The van der Waals surface area contributed by atoms with Crippen LogP contribution in [0, 0.1) is 0 Å².